The molecule has 0 spiro atoms. The highest BCUT2D eigenvalue weighted by Gasteiger charge is 2.28. The number of carboxylic acids is 1. The van der Waals surface area contributed by atoms with Crippen LogP contribution >= 0.6 is 0 Å². The quantitative estimate of drug-likeness (QED) is 0.885. The topological polar surface area (TPSA) is 81.4 Å². The lowest BCUT2D eigenvalue weighted by Gasteiger charge is -2.21. The van der Waals surface area contributed by atoms with Crippen LogP contribution in [0.15, 0.2) is 4.79 Å². The number of rotatable bonds is 5. The van der Waals surface area contributed by atoms with Gasteiger partial charge < -0.3 is 9.84 Å². The molecule has 1 fully saturated rings. The second kappa shape index (κ2) is 6.39. The van der Waals surface area contributed by atoms with Crippen molar-refractivity contribution in [3.8, 4) is 0 Å². The lowest BCUT2D eigenvalue weighted by atomic mass is 9.99. The Kier molecular flexibility index (Phi) is 4.77. The average Bonchev–Trinajstić information content (AvgIpc) is 2.86. The second-order valence-corrected chi connectivity index (χ2v) is 5.59. The van der Waals surface area contributed by atoms with Gasteiger partial charge in [0.1, 0.15) is 0 Å². The number of hydrogen-bond donors (Lipinski definition) is 1. The van der Waals surface area contributed by atoms with Gasteiger partial charge in [0, 0.05) is 36.0 Å². The van der Waals surface area contributed by atoms with E-state index in [1.165, 1.54) is 0 Å². The van der Waals surface area contributed by atoms with Crippen LogP contribution in [0.4, 0.5) is 0 Å². The van der Waals surface area contributed by atoms with Gasteiger partial charge in [0.25, 0.3) is 0 Å². The first kappa shape index (κ1) is 15.7. The Balaban J connectivity index is 2.34. The molecule has 1 aromatic rings. The minimum absolute atomic E-state index is 0.108. The van der Waals surface area contributed by atoms with Crippen LogP contribution in [0.2, 0.25) is 0 Å². The van der Waals surface area contributed by atoms with Gasteiger partial charge in [0.15, 0.2) is 0 Å². The number of ether oxygens (including phenoxy) is 1. The zero-order chi connectivity index (χ0) is 15.6. The first-order chi connectivity index (χ1) is 9.93. The van der Waals surface area contributed by atoms with E-state index in [2.05, 4.69) is 11.9 Å². The van der Waals surface area contributed by atoms with Crippen molar-refractivity contribution in [3.05, 3.63) is 27.4 Å². The third-order valence-electron chi connectivity index (χ3n) is 4.27. The predicted molar refractivity (Wildman–Crippen MR) is 77.4 cm³/mol. The molecule has 1 aliphatic heterocycles. The van der Waals surface area contributed by atoms with Gasteiger partial charge in [0.05, 0.1) is 12.5 Å². The summed E-state index contributed by atoms with van der Waals surface area (Å²) in [6, 6.07) is 0. The van der Waals surface area contributed by atoms with Gasteiger partial charge in [-0.1, -0.05) is 6.92 Å². The maximum Gasteiger partial charge on any atom is 0.347 e. The maximum absolute atomic E-state index is 12.1. The van der Waals surface area contributed by atoms with Gasteiger partial charge in [-0.25, -0.2) is 4.79 Å². The van der Waals surface area contributed by atoms with Crippen LogP contribution in [-0.4, -0.2) is 33.3 Å². The Morgan fingerprint density at radius 2 is 2.19 bits per heavy atom. The van der Waals surface area contributed by atoms with Crippen molar-refractivity contribution in [2.24, 2.45) is 5.92 Å². The Hall–Kier alpha value is -1.69. The van der Waals surface area contributed by atoms with E-state index in [1.54, 1.807) is 18.4 Å². The number of aliphatic carboxylic acids is 1. The first-order valence-electron chi connectivity index (χ1n) is 7.34. The van der Waals surface area contributed by atoms with E-state index in [0.29, 0.717) is 23.5 Å². The summed E-state index contributed by atoms with van der Waals surface area (Å²) in [5, 5.41) is 9.01. The molecule has 21 heavy (non-hydrogen) atoms. The SMILES string of the molecule is CCC1OCCC1Cn1c(C)c(CC(=O)O)c(C)nc1=O. The smallest absolute Gasteiger partial charge is 0.347 e. The number of carboxylic acid groups (broad SMARTS) is 1. The highest BCUT2D eigenvalue weighted by atomic mass is 16.5. The van der Waals surface area contributed by atoms with Gasteiger partial charge in [0.2, 0.25) is 0 Å². The normalized spacial score (nSPS) is 21.7. The minimum atomic E-state index is -0.913. The summed E-state index contributed by atoms with van der Waals surface area (Å²) in [7, 11) is 0. The van der Waals surface area contributed by atoms with Crippen molar-refractivity contribution in [2.75, 3.05) is 6.61 Å². The molecule has 2 heterocycles. The van der Waals surface area contributed by atoms with E-state index >= 15 is 0 Å². The zero-order valence-corrected chi connectivity index (χ0v) is 12.8. The van der Waals surface area contributed by atoms with Crippen molar-refractivity contribution in [1.82, 2.24) is 9.55 Å². The van der Waals surface area contributed by atoms with Gasteiger partial charge in [-0.3, -0.25) is 9.36 Å². The molecule has 2 atom stereocenters. The summed E-state index contributed by atoms with van der Waals surface area (Å²) < 4.78 is 7.26. The van der Waals surface area contributed by atoms with Crippen LogP contribution in [0.1, 0.15) is 36.7 Å². The minimum Gasteiger partial charge on any atom is -0.481 e. The molecular formula is C15H22N2O4. The van der Waals surface area contributed by atoms with Crippen LogP contribution < -0.4 is 5.69 Å². The van der Waals surface area contributed by atoms with E-state index in [4.69, 9.17) is 9.84 Å². The van der Waals surface area contributed by atoms with Gasteiger partial charge >= 0.3 is 11.7 Å². The second-order valence-electron chi connectivity index (χ2n) is 5.59. The largest absolute Gasteiger partial charge is 0.481 e. The molecule has 0 bridgehead atoms. The molecule has 116 valence electrons. The Morgan fingerprint density at radius 1 is 1.48 bits per heavy atom. The van der Waals surface area contributed by atoms with Crippen LogP contribution in [0, 0.1) is 19.8 Å². The van der Waals surface area contributed by atoms with Crippen LogP contribution in [-0.2, 0) is 22.5 Å². The van der Waals surface area contributed by atoms with E-state index in [-0.39, 0.29) is 24.1 Å². The summed E-state index contributed by atoms with van der Waals surface area (Å²) in [6.45, 7) is 6.82. The lowest BCUT2D eigenvalue weighted by Crippen LogP contribution is -2.33. The molecule has 0 aliphatic carbocycles. The molecule has 1 aromatic heterocycles. The first-order valence-corrected chi connectivity index (χ1v) is 7.34. The number of carbonyl (C=O) groups is 1. The summed E-state index contributed by atoms with van der Waals surface area (Å²) in [5.41, 5.74) is 1.54. The molecule has 2 unspecified atom stereocenters. The maximum atomic E-state index is 12.1. The highest BCUT2D eigenvalue weighted by molar-refractivity contribution is 5.70. The van der Waals surface area contributed by atoms with Crippen molar-refractivity contribution in [2.45, 2.75) is 52.7 Å². The molecule has 0 aromatic carbocycles. The number of aryl methyl sites for hydroxylation is 1. The van der Waals surface area contributed by atoms with Crippen molar-refractivity contribution in [3.63, 3.8) is 0 Å². The molecule has 2 rings (SSSR count). The summed E-state index contributed by atoms with van der Waals surface area (Å²) in [5.74, 6) is -0.627. The fourth-order valence-electron chi connectivity index (χ4n) is 3.05. The fourth-order valence-corrected chi connectivity index (χ4v) is 3.05. The van der Waals surface area contributed by atoms with E-state index < -0.39 is 5.97 Å². The number of aromatic nitrogens is 2. The monoisotopic (exact) mass is 294 g/mol. The third-order valence-corrected chi connectivity index (χ3v) is 4.27. The molecule has 6 heteroatoms. The Bertz CT molecular complexity index is 594. The summed E-state index contributed by atoms with van der Waals surface area (Å²) in [6.07, 6.45) is 1.90. The van der Waals surface area contributed by atoms with E-state index in [1.807, 2.05) is 0 Å². The van der Waals surface area contributed by atoms with Gasteiger partial charge in [-0.05, 0) is 26.7 Å². The number of nitrogens with zero attached hydrogens (tertiary/aromatic N) is 2. The van der Waals surface area contributed by atoms with Crippen LogP contribution in [0.3, 0.4) is 0 Å². The summed E-state index contributed by atoms with van der Waals surface area (Å²) >= 11 is 0. The fraction of sp³-hybridized carbons (Fsp3) is 0.667. The van der Waals surface area contributed by atoms with Crippen molar-refractivity contribution < 1.29 is 14.6 Å². The lowest BCUT2D eigenvalue weighted by molar-refractivity contribution is -0.136. The van der Waals surface area contributed by atoms with Gasteiger partial charge in [-0.15, -0.1) is 0 Å². The Labute approximate surface area is 123 Å². The van der Waals surface area contributed by atoms with Crippen molar-refractivity contribution >= 4 is 5.97 Å². The third kappa shape index (κ3) is 3.32. The van der Waals surface area contributed by atoms with E-state index in [9.17, 15) is 9.59 Å². The van der Waals surface area contributed by atoms with Gasteiger partial charge in [-0.2, -0.15) is 4.98 Å². The average molecular weight is 294 g/mol. The predicted octanol–water partition coefficient (Wildman–Crippen LogP) is 1.30. The molecule has 1 aliphatic rings. The summed E-state index contributed by atoms with van der Waals surface area (Å²) in [4.78, 5) is 27.1. The van der Waals surface area contributed by atoms with E-state index in [0.717, 1.165) is 19.4 Å². The Morgan fingerprint density at radius 3 is 2.81 bits per heavy atom. The standard InChI is InChI=1S/C15H22N2O4/c1-4-13-11(5-6-21-13)8-17-10(3)12(7-14(18)19)9(2)16-15(17)20/h11,13H,4-8H2,1-3H3,(H,18,19). The molecule has 0 amide bonds. The molecule has 1 N–H and O–H groups in total. The van der Waals surface area contributed by atoms with Crippen LogP contribution in [0.25, 0.3) is 0 Å². The molecule has 1 saturated heterocycles. The van der Waals surface area contributed by atoms with Crippen molar-refractivity contribution in [1.29, 1.82) is 0 Å². The molecule has 0 saturated carbocycles. The van der Waals surface area contributed by atoms with Crippen LogP contribution in [0.5, 0.6) is 0 Å². The molecule has 0 radical (unpaired) electrons. The highest BCUT2D eigenvalue weighted by Crippen LogP contribution is 2.25. The molecule has 6 nitrogen and oxygen atoms in total. The number of hydrogen-bond acceptors (Lipinski definition) is 4. The molecular weight excluding hydrogens is 272 g/mol. The zero-order valence-electron chi connectivity index (χ0n) is 12.8.